The highest BCUT2D eigenvalue weighted by Crippen LogP contribution is 2.71. The molecular formula is C10H12FN2O9P. The topological polar surface area (TPSA) is 171 Å². The van der Waals surface area contributed by atoms with Crippen molar-refractivity contribution in [1.82, 2.24) is 9.55 Å². The van der Waals surface area contributed by atoms with Crippen molar-refractivity contribution >= 4 is 7.82 Å². The zero-order valence-corrected chi connectivity index (χ0v) is 12.3. The highest BCUT2D eigenvalue weighted by atomic mass is 31.2. The Balaban J connectivity index is 2.01. The van der Waals surface area contributed by atoms with Gasteiger partial charge in [0, 0.05) is 12.3 Å². The van der Waals surface area contributed by atoms with Gasteiger partial charge < -0.3 is 24.7 Å². The van der Waals surface area contributed by atoms with Crippen LogP contribution >= 0.6 is 7.82 Å². The van der Waals surface area contributed by atoms with E-state index in [9.17, 15) is 28.8 Å². The molecule has 2 aliphatic rings. The van der Waals surface area contributed by atoms with Gasteiger partial charge in [-0.25, -0.2) is 13.8 Å². The molecule has 128 valence electrons. The van der Waals surface area contributed by atoms with E-state index in [-0.39, 0.29) is 0 Å². The Kier molecular flexibility index (Phi) is 3.12. The number of nitrogens with one attached hydrogen (secondary N) is 1. The van der Waals surface area contributed by atoms with Crippen LogP contribution in [0, 0.1) is 0 Å². The van der Waals surface area contributed by atoms with Crippen LogP contribution in [-0.4, -0.2) is 52.7 Å². The van der Waals surface area contributed by atoms with Crippen molar-refractivity contribution in [2.24, 2.45) is 0 Å². The molecule has 3 rings (SSSR count). The van der Waals surface area contributed by atoms with Gasteiger partial charge in [-0.05, 0) is 6.92 Å². The molecule has 0 bridgehead atoms. The van der Waals surface area contributed by atoms with Crippen LogP contribution in [0.2, 0.25) is 0 Å². The summed E-state index contributed by atoms with van der Waals surface area (Å²) in [6.07, 6.45) is -3.00. The summed E-state index contributed by atoms with van der Waals surface area (Å²) in [7, 11) is -5.17. The molecule has 0 radical (unpaired) electrons. The van der Waals surface area contributed by atoms with Gasteiger partial charge in [-0.3, -0.25) is 18.9 Å². The maximum atomic E-state index is 14.6. The third-order valence-electron chi connectivity index (χ3n) is 4.04. The van der Waals surface area contributed by atoms with Crippen LogP contribution in [0.5, 0.6) is 0 Å². The van der Waals surface area contributed by atoms with Gasteiger partial charge in [0.05, 0.1) is 0 Å². The number of nitrogens with zero attached hydrogens (tertiary/aromatic N) is 1. The Morgan fingerprint density at radius 3 is 2.48 bits per heavy atom. The number of halogens is 1. The van der Waals surface area contributed by atoms with Crippen LogP contribution in [0.15, 0.2) is 21.9 Å². The van der Waals surface area contributed by atoms with Gasteiger partial charge in [-0.15, -0.1) is 0 Å². The average Bonchev–Trinajstić information content (AvgIpc) is 2.77. The summed E-state index contributed by atoms with van der Waals surface area (Å²) in [4.78, 5) is 42.0. The molecule has 1 unspecified atom stereocenters. The minimum atomic E-state index is -5.17. The summed E-state index contributed by atoms with van der Waals surface area (Å²) < 4.78 is 35.0. The number of fused-ring (bicyclic) bond motifs is 1. The third-order valence-corrected chi connectivity index (χ3v) is 4.52. The fourth-order valence-electron chi connectivity index (χ4n) is 2.82. The number of ether oxygens (including phenoxy) is 1. The maximum Gasteiger partial charge on any atom is 0.470 e. The number of hydrogen-bond donors (Lipinski definition) is 5. The summed E-state index contributed by atoms with van der Waals surface area (Å²) in [6.45, 7) is 0.902. The lowest BCUT2D eigenvalue weighted by Crippen LogP contribution is -2.51. The van der Waals surface area contributed by atoms with Crippen molar-refractivity contribution in [2.75, 3.05) is 0 Å². The first-order valence-corrected chi connectivity index (χ1v) is 7.74. The molecule has 5 N–H and O–H groups in total. The summed E-state index contributed by atoms with van der Waals surface area (Å²) in [6, 6.07) is 0.906. The second-order valence-corrected chi connectivity index (χ2v) is 6.71. The van der Waals surface area contributed by atoms with Gasteiger partial charge >= 0.3 is 13.5 Å². The van der Waals surface area contributed by atoms with Crippen molar-refractivity contribution in [3.63, 3.8) is 0 Å². The molecule has 1 aliphatic heterocycles. The molecule has 1 saturated heterocycles. The third kappa shape index (κ3) is 2.01. The second kappa shape index (κ2) is 4.36. The normalized spacial score (nSPS) is 42.5. The number of hydrogen-bond acceptors (Lipinski definition) is 7. The van der Waals surface area contributed by atoms with Crippen molar-refractivity contribution in [3.8, 4) is 0 Å². The number of phosphoric ester groups is 1. The minimum absolute atomic E-state index is 0.626. The number of H-pyrrole nitrogens is 1. The molecule has 1 aliphatic carbocycles. The van der Waals surface area contributed by atoms with Gasteiger partial charge in [0.2, 0.25) is 0 Å². The van der Waals surface area contributed by atoms with E-state index in [1.165, 1.54) is 0 Å². The first-order valence-electron chi connectivity index (χ1n) is 6.21. The van der Waals surface area contributed by atoms with Crippen molar-refractivity contribution in [1.29, 1.82) is 0 Å². The predicted octanol–water partition coefficient (Wildman–Crippen LogP) is -2.30. The van der Waals surface area contributed by atoms with Gasteiger partial charge in [0.1, 0.15) is 5.60 Å². The smallest absolute Gasteiger partial charge is 0.382 e. The van der Waals surface area contributed by atoms with E-state index in [4.69, 9.17) is 14.5 Å². The van der Waals surface area contributed by atoms with Crippen LogP contribution in [0.4, 0.5) is 4.39 Å². The Bertz CT molecular complexity index is 830. The lowest BCUT2D eigenvalue weighted by atomic mass is 9.95. The molecule has 2 heterocycles. The quantitative estimate of drug-likeness (QED) is 0.374. The lowest BCUT2D eigenvalue weighted by molar-refractivity contribution is -0.181. The molecule has 1 aromatic heterocycles. The van der Waals surface area contributed by atoms with E-state index < -0.39 is 48.5 Å². The summed E-state index contributed by atoms with van der Waals surface area (Å²) >= 11 is 0. The molecule has 0 amide bonds. The van der Waals surface area contributed by atoms with E-state index in [1.807, 2.05) is 4.98 Å². The molecule has 2 fully saturated rings. The number of aromatic amines is 1. The lowest BCUT2D eigenvalue weighted by Gasteiger charge is -2.32. The molecule has 1 aromatic rings. The Morgan fingerprint density at radius 1 is 1.43 bits per heavy atom. The number of aromatic nitrogens is 2. The fraction of sp³-hybridized carbons (Fsp3) is 0.600. The summed E-state index contributed by atoms with van der Waals surface area (Å²) in [5, 5.41) is 20.7. The summed E-state index contributed by atoms with van der Waals surface area (Å²) in [5.41, 5.74) is -7.10. The zero-order valence-electron chi connectivity index (χ0n) is 11.4. The molecule has 23 heavy (non-hydrogen) atoms. The van der Waals surface area contributed by atoms with Crippen LogP contribution < -0.4 is 11.2 Å². The number of rotatable bonds is 3. The van der Waals surface area contributed by atoms with Gasteiger partial charge in [-0.1, -0.05) is 0 Å². The van der Waals surface area contributed by atoms with Crippen LogP contribution in [0.1, 0.15) is 13.2 Å². The zero-order chi connectivity index (χ0) is 17.4. The first kappa shape index (κ1) is 16.5. The van der Waals surface area contributed by atoms with Crippen molar-refractivity contribution in [2.45, 2.75) is 36.3 Å². The predicted molar refractivity (Wildman–Crippen MR) is 67.8 cm³/mol. The Hall–Kier alpha value is -1.40. The summed E-state index contributed by atoms with van der Waals surface area (Å²) in [5.74, 6) is -3.14. The molecule has 1 saturated carbocycles. The van der Waals surface area contributed by atoms with E-state index in [2.05, 4.69) is 4.52 Å². The first-order chi connectivity index (χ1) is 10.3. The minimum Gasteiger partial charge on any atom is -0.382 e. The average molecular weight is 354 g/mol. The van der Waals surface area contributed by atoms with E-state index in [1.54, 1.807) is 0 Å². The highest BCUT2D eigenvalue weighted by Gasteiger charge is 2.95. The standard InChI is InChI=1S/C10H12FN2O9P/c1-8(16)6(13-3-2-4(14)12-7(13)15)21-10(11)5(9(8,10)17)22-23(18,19)20/h2-3,5-6,16-17H,1H3,(H,12,14,15)(H2,18,19,20)/t5?,6-,8+,9+,10-/m1/s1. The van der Waals surface area contributed by atoms with Gasteiger partial charge in [0.25, 0.3) is 11.4 Å². The highest BCUT2D eigenvalue weighted by molar-refractivity contribution is 7.46. The molecule has 11 nitrogen and oxygen atoms in total. The largest absolute Gasteiger partial charge is 0.470 e. The fourth-order valence-corrected chi connectivity index (χ4v) is 3.38. The molecular weight excluding hydrogens is 342 g/mol. The number of alkyl halides is 1. The number of aliphatic hydroxyl groups is 2. The van der Waals surface area contributed by atoms with Crippen molar-refractivity contribution < 1.29 is 38.2 Å². The molecule has 0 aromatic carbocycles. The van der Waals surface area contributed by atoms with Crippen LogP contribution in [0.25, 0.3) is 0 Å². The van der Waals surface area contributed by atoms with Crippen LogP contribution in [0.3, 0.4) is 0 Å². The van der Waals surface area contributed by atoms with Crippen molar-refractivity contribution in [3.05, 3.63) is 33.1 Å². The van der Waals surface area contributed by atoms with Gasteiger partial charge in [0.15, 0.2) is 17.9 Å². The Labute approximate surface area is 126 Å². The molecule has 0 spiro atoms. The van der Waals surface area contributed by atoms with Gasteiger partial charge in [-0.2, -0.15) is 0 Å². The Morgan fingerprint density at radius 2 is 2.04 bits per heavy atom. The molecule has 5 atom stereocenters. The van der Waals surface area contributed by atoms with E-state index in [0.717, 1.165) is 19.2 Å². The maximum absolute atomic E-state index is 14.6. The van der Waals surface area contributed by atoms with E-state index >= 15 is 0 Å². The van der Waals surface area contributed by atoms with E-state index in [0.29, 0.717) is 4.57 Å². The number of phosphoric acid groups is 1. The molecule has 13 heteroatoms. The SMILES string of the molecule is C[C@]1(O)[C@H](n2ccc(=O)[nH]c2=O)O[C@]2(F)C(OP(=O)(O)O)[C@]12O. The monoisotopic (exact) mass is 354 g/mol. The second-order valence-electron chi connectivity index (χ2n) is 5.52. The van der Waals surface area contributed by atoms with Crippen LogP contribution in [-0.2, 0) is 13.8 Å².